The van der Waals surface area contributed by atoms with E-state index < -0.39 is 35.0 Å². The number of esters is 1. The molecule has 0 unspecified atom stereocenters. The van der Waals surface area contributed by atoms with Crippen LogP contribution in [0, 0.1) is 0 Å². The van der Waals surface area contributed by atoms with Gasteiger partial charge in [0, 0.05) is 6.92 Å². The van der Waals surface area contributed by atoms with Crippen molar-refractivity contribution in [1.82, 2.24) is 0 Å². The number of carbonyl (C=O) groups is 1. The Morgan fingerprint density at radius 3 is 2.03 bits per heavy atom. The molecule has 1 saturated heterocycles. The Morgan fingerprint density at radius 2 is 1.53 bits per heavy atom. The summed E-state index contributed by atoms with van der Waals surface area (Å²) in [4.78, 5) is 11.8. The lowest BCUT2D eigenvalue weighted by Crippen LogP contribution is -2.47. The van der Waals surface area contributed by atoms with Gasteiger partial charge in [-0.25, -0.2) is 0 Å². The number of carbonyl (C=O) groups excluding carboxylic acids is 1. The van der Waals surface area contributed by atoms with Gasteiger partial charge in [0.2, 0.25) is 0 Å². The Morgan fingerprint density at radius 1 is 0.974 bits per heavy atom. The van der Waals surface area contributed by atoms with E-state index in [1.807, 2.05) is 6.92 Å². The van der Waals surface area contributed by atoms with E-state index >= 15 is 0 Å². The highest BCUT2D eigenvalue weighted by Gasteiger charge is 2.48. The predicted molar refractivity (Wildman–Crippen MR) is 155 cm³/mol. The van der Waals surface area contributed by atoms with Crippen LogP contribution in [0.3, 0.4) is 0 Å². The molecule has 220 valence electrons. The molecule has 0 aromatic rings. The fourth-order valence-corrected chi connectivity index (χ4v) is 5.01. The molecule has 1 heterocycles. The van der Waals surface area contributed by atoms with E-state index in [0.29, 0.717) is 32.1 Å². The molecule has 6 heteroatoms. The monoisotopic (exact) mass is 536 g/mol. The van der Waals surface area contributed by atoms with Crippen molar-refractivity contribution in [3.05, 3.63) is 34.9 Å². The lowest BCUT2D eigenvalue weighted by molar-refractivity contribution is -0.183. The molecule has 3 N–H and O–H groups in total. The van der Waals surface area contributed by atoms with E-state index in [-0.39, 0.29) is 12.5 Å². The van der Waals surface area contributed by atoms with E-state index in [2.05, 4.69) is 45.9 Å². The fraction of sp³-hybridized carbons (Fsp3) is 0.781. The fourth-order valence-electron chi connectivity index (χ4n) is 5.01. The molecule has 0 spiro atoms. The predicted octanol–water partition coefficient (Wildman–Crippen LogP) is 6.72. The molecule has 38 heavy (non-hydrogen) atoms. The highest BCUT2D eigenvalue weighted by molar-refractivity contribution is 5.66. The molecule has 1 aliphatic rings. The van der Waals surface area contributed by atoms with E-state index in [9.17, 15) is 20.1 Å². The molecule has 1 rings (SSSR count). The topological polar surface area (TPSA) is 96.2 Å². The number of hydrogen-bond donors (Lipinski definition) is 3. The Hall–Kier alpha value is -1.47. The molecule has 0 bridgehead atoms. The van der Waals surface area contributed by atoms with Crippen LogP contribution >= 0.6 is 0 Å². The average Bonchev–Trinajstić information content (AvgIpc) is 3.20. The molecule has 0 saturated carbocycles. The molecule has 0 aromatic carbocycles. The van der Waals surface area contributed by atoms with Crippen LogP contribution < -0.4 is 0 Å². The summed E-state index contributed by atoms with van der Waals surface area (Å²) in [6.45, 7) is 16.9. The maximum absolute atomic E-state index is 11.8. The SMILES string of the molecule is CC(=O)O[C@@H](CC[C@](C)(O)[C@@H](O)CCC=C(C)CCC=C(C)CCC=C(C)C)[C@@]1(C)CC[C@@H](C(C)(C)O)O1. The second-order valence-corrected chi connectivity index (χ2v) is 12.7. The molecule has 1 aliphatic heterocycles. The van der Waals surface area contributed by atoms with Crippen LogP contribution in [-0.2, 0) is 14.3 Å². The summed E-state index contributed by atoms with van der Waals surface area (Å²) >= 11 is 0. The van der Waals surface area contributed by atoms with Crippen LogP contribution in [0.4, 0.5) is 0 Å². The Balaban J connectivity index is 2.59. The quantitative estimate of drug-likeness (QED) is 0.150. The maximum Gasteiger partial charge on any atom is 0.303 e. The number of rotatable bonds is 16. The van der Waals surface area contributed by atoms with Gasteiger partial charge in [-0.05, 0) is 120 Å². The van der Waals surface area contributed by atoms with E-state index in [0.717, 1.165) is 25.7 Å². The van der Waals surface area contributed by atoms with Gasteiger partial charge in [0.05, 0.1) is 23.4 Å². The summed E-state index contributed by atoms with van der Waals surface area (Å²) in [5.74, 6) is -0.412. The standard InChI is InChI=1S/C32H56O6/c1-23(2)13-10-14-24(3)15-11-16-25(4)17-12-18-27(34)31(8,36)21-19-29(37-26(5)33)32(9)22-20-28(38-32)30(6,7)35/h13,15,17,27-29,34-36H,10-12,14,16,18-22H2,1-9H3/t27-,28-,29-,31-,32+/m0/s1. The Labute approximate surface area is 232 Å². The van der Waals surface area contributed by atoms with Crippen LogP contribution in [0.5, 0.6) is 0 Å². The van der Waals surface area contributed by atoms with E-state index in [1.165, 1.54) is 23.6 Å². The molecule has 1 fully saturated rings. The van der Waals surface area contributed by atoms with Gasteiger partial charge in [0.15, 0.2) is 0 Å². The number of ether oxygens (including phenoxy) is 2. The molecular formula is C32H56O6. The first-order chi connectivity index (χ1) is 17.5. The highest BCUT2D eigenvalue weighted by Crippen LogP contribution is 2.40. The van der Waals surface area contributed by atoms with Crippen LogP contribution in [0.15, 0.2) is 34.9 Å². The number of aliphatic hydroxyl groups is 3. The molecule has 0 aromatic heterocycles. The van der Waals surface area contributed by atoms with E-state index in [1.54, 1.807) is 20.8 Å². The lowest BCUT2D eigenvalue weighted by Gasteiger charge is -2.37. The highest BCUT2D eigenvalue weighted by atomic mass is 16.6. The molecule has 0 amide bonds. The average molecular weight is 537 g/mol. The Bertz CT molecular complexity index is 827. The smallest absolute Gasteiger partial charge is 0.303 e. The summed E-state index contributed by atoms with van der Waals surface area (Å²) in [6, 6.07) is 0. The summed E-state index contributed by atoms with van der Waals surface area (Å²) in [5, 5.41) is 32.2. The van der Waals surface area contributed by atoms with Gasteiger partial charge in [0.25, 0.3) is 0 Å². The zero-order chi connectivity index (χ0) is 29.1. The maximum atomic E-state index is 11.8. The van der Waals surface area contributed by atoms with Gasteiger partial charge in [-0.1, -0.05) is 34.9 Å². The molecule has 0 radical (unpaired) electrons. The van der Waals surface area contributed by atoms with Crippen LogP contribution in [0.25, 0.3) is 0 Å². The third-order valence-electron chi connectivity index (χ3n) is 7.78. The van der Waals surface area contributed by atoms with Gasteiger partial charge in [0.1, 0.15) is 11.7 Å². The van der Waals surface area contributed by atoms with Crippen molar-refractivity contribution in [2.45, 2.75) is 162 Å². The first-order valence-electron chi connectivity index (χ1n) is 14.4. The molecule has 0 aliphatic carbocycles. The first kappa shape index (κ1) is 34.6. The third-order valence-corrected chi connectivity index (χ3v) is 7.78. The van der Waals surface area contributed by atoms with Crippen LogP contribution in [0.1, 0.15) is 127 Å². The normalized spacial score (nSPS) is 24.1. The summed E-state index contributed by atoms with van der Waals surface area (Å²) in [5.41, 5.74) is 0.992. The zero-order valence-corrected chi connectivity index (χ0v) is 25.6. The molecule has 5 atom stereocenters. The van der Waals surface area contributed by atoms with Gasteiger partial charge in [-0.15, -0.1) is 0 Å². The molecule has 6 nitrogen and oxygen atoms in total. The van der Waals surface area contributed by atoms with Crippen molar-refractivity contribution in [3.63, 3.8) is 0 Å². The lowest BCUT2D eigenvalue weighted by atomic mass is 9.84. The number of allylic oxidation sites excluding steroid dienone is 6. The van der Waals surface area contributed by atoms with Gasteiger partial charge >= 0.3 is 5.97 Å². The Kier molecular flexibility index (Phi) is 14.0. The van der Waals surface area contributed by atoms with Crippen molar-refractivity contribution in [3.8, 4) is 0 Å². The first-order valence-corrected chi connectivity index (χ1v) is 14.4. The van der Waals surface area contributed by atoms with Gasteiger partial charge < -0.3 is 24.8 Å². The second-order valence-electron chi connectivity index (χ2n) is 12.7. The van der Waals surface area contributed by atoms with Crippen LogP contribution in [0.2, 0.25) is 0 Å². The minimum absolute atomic E-state index is 0.262. The van der Waals surface area contributed by atoms with E-state index in [4.69, 9.17) is 9.47 Å². The largest absolute Gasteiger partial charge is 0.459 e. The minimum atomic E-state index is -1.32. The van der Waals surface area contributed by atoms with Crippen molar-refractivity contribution in [2.75, 3.05) is 0 Å². The number of aliphatic hydroxyl groups excluding tert-OH is 1. The van der Waals surface area contributed by atoms with Crippen molar-refractivity contribution in [1.29, 1.82) is 0 Å². The van der Waals surface area contributed by atoms with Crippen LogP contribution in [-0.4, -0.2) is 56.4 Å². The van der Waals surface area contributed by atoms with Gasteiger partial charge in [-0.3, -0.25) is 4.79 Å². The zero-order valence-electron chi connectivity index (χ0n) is 25.6. The minimum Gasteiger partial charge on any atom is -0.459 e. The van der Waals surface area contributed by atoms with Gasteiger partial charge in [-0.2, -0.15) is 0 Å². The summed E-state index contributed by atoms with van der Waals surface area (Å²) in [6.07, 6.45) is 12.1. The van der Waals surface area contributed by atoms with Crippen molar-refractivity contribution >= 4 is 5.97 Å². The summed E-state index contributed by atoms with van der Waals surface area (Å²) in [7, 11) is 0. The third kappa shape index (κ3) is 12.6. The summed E-state index contributed by atoms with van der Waals surface area (Å²) < 4.78 is 11.8. The van der Waals surface area contributed by atoms with Crippen molar-refractivity contribution < 1.29 is 29.6 Å². The number of hydrogen-bond acceptors (Lipinski definition) is 6. The van der Waals surface area contributed by atoms with Crippen molar-refractivity contribution in [2.24, 2.45) is 0 Å². The second kappa shape index (κ2) is 15.4. The molecular weight excluding hydrogens is 480 g/mol.